The van der Waals surface area contributed by atoms with Crippen LogP contribution in [0.2, 0.25) is 0 Å². The van der Waals surface area contributed by atoms with Crippen molar-refractivity contribution in [1.82, 2.24) is 10.2 Å². The van der Waals surface area contributed by atoms with Gasteiger partial charge in [-0.3, -0.25) is 14.5 Å². The van der Waals surface area contributed by atoms with Crippen LogP contribution in [0.4, 0.5) is 0 Å². The molecule has 4 nitrogen and oxygen atoms in total. The van der Waals surface area contributed by atoms with Crippen LogP contribution in [0.15, 0.2) is 0 Å². The van der Waals surface area contributed by atoms with Gasteiger partial charge in [-0.1, -0.05) is 34.1 Å². The fourth-order valence-corrected chi connectivity index (χ4v) is 2.53. The van der Waals surface area contributed by atoms with Gasteiger partial charge in [0.2, 0.25) is 11.8 Å². The highest BCUT2D eigenvalue weighted by Gasteiger charge is 2.37. The highest BCUT2D eigenvalue weighted by molar-refractivity contribution is 5.98. The van der Waals surface area contributed by atoms with E-state index in [0.717, 1.165) is 19.4 Å². The van der Waals surface area contributed by atoms with Crippen LogP contribution in [-0.2, 0) is 9.59 Å². The number of hydrogen-bond donors (Lipinski definition) is 1. The molecular weight excluding hydrogens is 228 g/mol. The Balaban J connectivity index is 2.65. The van der Waals surface area contributed by atoms with Crippen molar-refractivity contribution in [2.24, 2.45) is 5.41 Å². The first-order chi connectivity index (χ1) is 8.39. The normalized spacial score (nSPS) is 21.2. The molecule has 1 aliphatic rings. The van der Waals surface area contributed by atoms with Gasteiger partial charge in [-0.05, 0) is 18.4 Å². The van der Waals surface area contributed by atoms with E-state index < -0.39 is 0 Å². The van der Waals surface area contributed by atoms with Crippen molar-refractivity contribution in [2.75, 3.05) is 13.1 Å². The van der Waals surface area contributed by atoms with Crippen molar-refractivity contribution in [3.05, 3.63) is 0 Å². The zero-order valence-electron chi connectivity index (χ0n) is 12.1. The highest BCUT2D eigenvalue weighted by atomic mass is 16.2. The molecule has 1 heterocycles. The summed E-state index contributed by atoms with van der Waals surface area (Å²) in [5.74, 6) is -0.0366. The number of hydrogen-bond acceptors (Lipinski definition) is 3. The monoisotopic (exact) mass is 254 g/mol. The van der Waals surface area contributed by atoms with Crippen LogP contribution in [0.3, 0.4) is 0 Å². The van der Waals surface area contributed by atoms with Crippen LogP contribution < -0.4 is 5.32 Å². The minimum absolute atomic E-state index is 0.0183. The summed E-state index contributed by atoms with van der Waals surface area (Å²) in [5.41, 5.74) is -0.177. The zero-order valence-corrected chi connectivity index (χ0v) is 12.1. The van der Waals surface area contributed by atoms with Crippen LogP contribution in [0.5, 0.6) is 0 Å². The van der Waals surface area contributed by atoms with E-state index in [4.69, 9.17) is 0 Å². The maximum Gasteiger partial charge on any atom is 0.229 e. The number of amides is 2. The molecule has 1 atom stereocenters. The number of rotatable bonds is 6. The predicted molar refractivity (Wildman–Crippen MR) is 72.1 cm³/mol. The predicted octanol–water partition coefficient (Wildman–Crippen LogP) is 1.94. The molecule has 1 unspecified atom stereocenters. The molecule has 18 heavy (non-hydrogen) atoms. The van der Waals surface area contributed by atoms with E-state index >= 15 is 0 Å². The average molecular weight is 254 g/mol. The van der Waals surface area contributed by atoms with Crippen LogP contribution in [0, 0.1) is 5.41 Å². The first-order valence-electron chi connectivity index (χ1n) is 6.96. The van der Waals surface area contributed by atoms with Gasteiger partial charge in [0, 0.05) is 25.4 Å². The fourth-order valence-electron chi connectivity index (χ4n) is 2.53. The van der Waals surface area contributed by atoms with Gasteiger partial charge in [0.25, 0.3) is 0 Å². The quantitative estimate of drug-likeness (QED) is 0.737. The van der Waals surface area contributed by atoms with E-state index in [9.17, 15) is 9.59 Å². The van der Waals surface area contributed by atoms with Crippen molar-refractivity contribution >= 4 is 11.8 Å². The minimum atomic E-state index is -0.177. The first-order valence-corrected chi connectivity index (χ1v) is 6.96. The van der Waals surface area contributed by atoms with Gasteiger partial charge in [-0.2, -0.15) is 0 Å². The third kappa shape index (κ3) is 4.09. The Hall–Kier alpha value is -0.900. The van der Waals surface area contributed by atoms with Crippen molar-refractivity contribution in [3.8, 4) is 0 Å². The van der Waals surface area contributed by atoms with Gasteiger partial charge in [0.1, 0.15) is 0 Å². The number of nitrogens with zero attached hydrogens (tertiary/aromatic N) is 1. The first kappa shape index (κ1) is 15.2. The van der Waals surface area contributed by atoms with Crippen LogP contribution in [0.1, 0.15) is 53.4 Å². The van der Waals surface area contributed by atoms with Gasteiger partial charge < -0.3 is 5.32 Å². The standard InChI is InChI=1S/C14H26N2O2/c1-5-7-11(15-6-2)10-16-12(17)8-14(3,4)9-13(16)18/h11,15H,5-10H2,1-4H3. The number of likely N-dealkylation sites (N-methyl/N-ethyl adjacent to an activating group) is 1. The van der Waals surface area contributed by atoms with Crippen LogP contribution in [0.25, 0.3) is 0 Å². The van der Waals surface area contributed by atoms with Crippen molar-refractivity contribution in [1.29, 1.82) is 0 Å². The van der Waals surface area contributed by atoms with E-state index in [1.54, 1.807) is 0 Å². The van der Waals surface area contributed by atoms with Gasteiger partial charge >= 0.3 is 0 Å². The van der Waals surface area contributed by atoms with E-state index in [2.05, 4.69) is 12.2 Å². The molecule has 104 valence electrons. The molecule has 0 radical (unpaired) electrons. The molecule has 1 rings (SSSR count). The minimum Gasteiger partial charge on any atom is -0.312 e. The molecule has 1 fully saturated rings. The molecule has 1 aliphatic heterocycles. The molecule has 0 bridgehead atoms. The summed E-state index contributed by atoms with van der Waals surface area (Å²) in [5, 5.41) is 3.35. The SMILES string of the molecule is CCCC(CN1C(=O)CC(C)(C)CC1=O)NCC. The van der Waals surface area contributed by atoms with Gasteiger partial charge in [-0.25, -0.2) is 0 Å². The number of carbonyl (C=O) groups is 2. The lowest BCUT2D eigenvalue weighted by Gasteiger charge is -2.36. The Morgan fingerprint density at radius 3 is 2.22 bits per heavy atom. The number of piperidine rings is 1. The summed E-state index contributed by atoms with van der Waals surface area (Å²) in [6.07, 6.45) is 3.00. The number of carbonyl (C=O) groups excluding carboxylic acids is 2. The smallest absolute Gasteiger partial charge is 0.229 e. The molecule has 4 heteroatoms. The molecule has 0 aromatic rings. The molecule has 2 amide bonds. The second kappa shape index (κ2) is 6.32. The summed E-state index contributed by atoms with van der Waals surface area (Å²) >= 11 is 0. The van der Waals surface area contributed by atoms with Crippen LogP contribution >= 0.6 is 0 Å². The van der Waals surface area contributed by atoms with E-state index in [-0.39, 0.29) is 23.3 Å². The highest BCUT2D eigenvalue weighted by Crippen LogP contribution is 2.31. The lowest BCUT2D eigenvalue weighted by atomic mass is 9.81. The number of imide groups is 1. The maximum atomic E-state index is 12.0. The summed E-state index contributed by atoms with van der Waals surface area (Å²) in [4.78, 5) is 25.5. The van der Waals surface area contributed by atoms with Gasteiger partial charge in [-0.15, -0.1) is 0 Å². The second-order valence-corrected chi connectivity index (χ2v) is 5.96. The second-order valence-electron chi connectivity index (χ2n) is 5.96. The molecular formula is C14H26N2O2. The van der Waals surface area contributed by atoms with Gasteiger partial charge in [0.15, 0.2) is 0 Å². The third-order valence-corrected chi connectivity index (χ3v) is 3.39. The Labute approximate surface area is 110 Å². The lowest BCUT2D eigenvalue weighted by molar-refractivity contribution is -0.152. The average Bonchev–Trinajstić information content (AvgIpc) is 2.22. The summed E-state index contributed by atoms with van der Waals surface area (Å²) < 4.78 is 0. The fraction of sp³-hybridized carbons (Fsp3) is 0.857. The van der Waals surface area contributed by atoms with E-state index in [1.165, 1.54) is 4.90 Å². The third-order valence-electron chi connectivity index (χ3n) is 3.39. The summed E-state index contributed by atoms with van der Waals surface area (Å²) in [7, 11) is 0. The zero-order chi connectivity index (χ0) is 13.8. The molecule has 0 spiro atoms. The molecule has 1 saturated heterocycles. The van der Waals surface area contributed by atoms with E-state index in [0.29, 0.717) is 19.4 Å². The van der Waals surface area contributed by atoms with Crippen molar-refractivity contribution < 1.29 is 9.59 Å². The topological polar surface area (TPSA) is 49.4 Å². The van der Waals surface area contributed by atoms with E-state index in [1.807, 2.05) is 20.8 Å². The summed E-state index contributed by atoms with van der Waals surface area (Å²) in [6.45, 7) is 9.52. The molecule has 0 saturated carbocycles. The van der Waals surface area contributed by atoms with Crippen molar-refractivity contribution in [2.45, 2.75) is 59.4 Å². The Morgan fingerprint density at radius 1 is 1.22 bits per heavy atom. The summed E-state index contributed by atoms with van der Waals surface area (Å²) in [6, 6.07) is 0.231. The number of nitrogens with one attached hydrogen (secondary N) is 1. The Kier molecular flexibility index (Phi) is 5.32. The Morgan fingerprint density at radius 2 is 1.78 bits per heavy atom. The molecule has 0 aliphatic carbocycles. The van der Waals surface area contributed by atoms with Crippen molar-refractivity contribution in [3.63, 3.8) is 0 Å². The lowest BCUT2D eigenvalue weighted by Crippen LogP contribution is -2.51. The van der Waals surface area contributed by atoms with Gasteiger partial charge in [0.05, 0.1) is 0 Å². The molecule has 0 aromatic heterocycles. The largest absolute Gasteiger partial charge is 0.312 e. The maximum absolute atomic E-state index is 12.0. The van der Waals surface area contributed by atoms with Crippen LogP contribution in [-0.4, -0.2) is 35.8 Å². The molecule has 1 N–H and O–H groups in total. The number of likely N-dealkylation sites (tertiary alicyclic amines) is 1. The molecule has 0 aromatic carbocycles. The Bertz CT molecular complexity index is 287.